The lowest BCUT2D eigenvalue weighted by Gasteiger charge is -2.45. The molecule has 0 amide bonds. The monoisotopic (exact) mass is 570 g/mol. The molecule has 1 aliphatic rings. The number of hydrogen-bond donors (Lipinski definition) is 0. The van der Waals surface area contributed by atoms with E-state index in [1.807, 2.05) is 42.5 Å². The third kappa shape index (κ3) is 7.91. The first kappa shape index (κ1) is 31.3. The highest BCUT2D eigenvalue weighted by atomic mass is 31.1. The van der Waals surface area contributed by atoms with Gasteiger partial charge in [-0.1, -0.05) is 108 Å². The minimum absolute atomic E-state index is 0.174. The highest BCUT2D eigenvalue weighted by molar-refractivity contribution is 7.61. The van der Waals surface area contributed by atoms with Gasteiger partial charge in [-0.05, 0) is 67.5 Å². The summed E-state index contributed by atoms with van der Waals surface area (Å²) < 4.78 is 27.4. The van der Waals surface area contributed by atoms with E-state index in [9.17, 15) is 4.57 Å². The van der Waals surface area contributed by atoms with Gasteiger partial charge in [-0.15, -0.1) is 0 Å². The van der Waals surface area contributed by atoms with Gasteiger partial charge in [0.1, 0.15) is 7.80 Å². The lowest BCUT2D eigenvalue weighted by molar-refractivity contribution is 0.0724. The second-order valence-electron chi connectivity index (χ2n) is 14.1. The Morgan fingerprint density at radius 1 is 0.789 bits per heavy atom. The highest BCUT2D eigenvalue weighted by Crippen LogP contribution is 2.43. The van der Waals surface area contributed by atoms with E-state index in [1.165, 1.54) is 5.57 Å². The molecule has 0 aliphatic heterocycles. The standard InChI is InChI=1S/C32H51O3PSi2/c1-31(2,3)37(7,8)34-27-22-25(23-28(24-27)35-38(9,10)32(4,5)6)20-21-26-16-14-15-19-30(26)36(33)29-17-12-11-13-18-29/h11-20,27-28,36H,21-24H2,1-10H3/t27-,28-/m0/s1. The van der Waals surface area contributed by atoms with Gasteiger partial charge in [0.2, 0.25) is 0 Å². The lowest BCUT2D eigenvalue weighted by Crippen LogP contribution is -2.48. The van der Waals surface area contributed by atoms with E-state index in [0.717, 1.165) is 41.9 Å². The first-order valence-electron chi connectivity index (χ1n) is 14.2. The molecular formula is C32H51O3PSi2. The fraction of sp³-hybridized carbons (Fsp3) is 0.562. The van der Waals surface area contributed by atoms with Crippen molar-refractivity contribution < 1.29 is 13.4 Å². The van der Waals surface area contributed by atoms with Gasteiger partial charge in [0.05, 0.1) is 12.2 Å². The van der Waals surface area contributed by atoms with E-state index >= 15 is 0 Å². The van der Waals surface area contributed by atoms with Crippen molar-refractivity contribution in [3.8, 4) is 0 Å². The molecule has 0 saturated heterocycles. The van der Waals surface area contributed by atoms with Crippen LogP contribution in [0.3, 0.4) is 0 Å². The molecule has 0 bridgehead atoms. The second kappa shape index (κ2) is 12.1. The summed E-state index contributed by atoms with van der Waals surface area (Å²) in [5.41, 5.74) is 2.57. The Morgan fingerprint density at radius 3 is 1.76 bits per heavy atom. The Bertz CT molecular complexity index is 1090. The second-order valence-corrected chi connectivity index (χ2v) is 25.4. The van der Waals surface area contributed by atoms with Gasteiger partial charge in [0.15, 0.2) is 16.6 Å². The largest absolute Gasteiger partial charge is 0.414 e. The first-order chi connectivity index (χ1) is 17.5. The van der Waals surface area contributed by atoms with Crippen LogP contribution in [-0.4, -0.2) is 28.8 Å². The molecule has 0 radical (unpaired) electrons. The van der Waals surface area contributed by atoms with Gasteiger partial charge in [-0.25, -0.2) is 0 Å². The van der Waals surface area contributed by atoms with E-state index in [4.69, 9.17) is 8.85 Å². The van der Waals surface area contributed by atoms with Crippen LogP contribution < -0.4 is 10.6 Å². The van der Waals surface area contributed by atoms with Crippen LogP contribution in [0.25, 0.3) is 0 Å². The number of hydrogen-bond acceptors (Lipinski definition) is 3. The minimum Gasteiger partial charge on any atom is -0.414 e. The molecule has 0 heterocycles. The van der Waals surface area contributed by atoms with Crippen molar-refractivity contribution in [3.05, 3.63) is 71.8 Å². The lowest BCUT2D eigenvalue weighted by atomic mass is 9.89. The van der Waals surface area contributed by atoms with Gasteiger partial charge < -0.3 is 13.4 Å². The number of allylic oxidation sites excluding steroid dienone is 1. The minimum atomic E-state index is -2.04. The van der Waals surface area contributed by atoms with Crippen LogP contribution in [-0.2, 0) is 19.8 Å². The van der Waals surface area contributed by atoms with E-state index in [1.54, 1.807) is 0 Å². The maximum Gasteiger partial charge on any atom is 0.192 e. The Balaban J connectivity index is 1.87. The van der Waals surface area contributed by atoms with Gasteiger partial charge >= 0.3 is 0 Å². The van der Waals surface area contributed by atoms with E-state index < -0.39 is 24.4 Å². The molecule has 3 nitrogen and oxygen atoms in total. The van der Waals surface area contributed by atoms with Crippen molar-refractivity contribution in [1.82, 2.24) is 0 Å². The van der Waals surface area contributed by atoms with Crippen molar-refractivity contribution in [3.63, 3.8) is 0 Å². The summed E-state index contributed by atoms with van der Waals surface area (Å²) >= 11 is 0. The van der Waals surface area contributed by atoms with Gasteiger partial charge in [-0.3, -0.25) is 0 Å². The summed E-state index contributed by atoms with van der Waals surface area (Å²) in [5, 5.41) is 2.24. The molecule has 1 aliphatic carbocycles. The molecule has 3 rings (SSSR count). The van der Waals surface area contributed by atoms with Crippen LogP contribution in [0.2, 0.25) is 36.3 Å². The molecule has 1 fully saturated rings. The molecule has 0 spiro atoms. The van der Waals surface area contributed by atoms with Crippen LogP contribution in [0.4, 0.5) is 0 Å². The molecule has 2 aromatic rings. The molecular weight excluding hydrogens is 519 g/mol. The summed E-state index contributed by atoms with van der Waals surface area (Å²) in [6.07, 6.45) is 6.42. The average molecular weight is 571 g/mol. The van der Waals surface area contributed by atoms with Crippen molar-refractivity contribution in [2.45, 2.75) is 116 Å². The van der Waals surface area contributed by atoms with Gasteiger partial charge in [-0.2, -0.15) is 0 Å². The topological polar surface area (TPSA) is 35.5 Å². The summed E-state index contributed by atoms with van der Waals surface area (Å²) in [6.45, 7) is 23.3. The predicted molar refractivity (Wildman–Crippen MR) is 171 cm³/mol. The van der Waals surface area contributed by atoms with Crippen molar-refractivity contribution >= 4 is 35.0 Å². The van der Waals surface area contributed by atoms with Crippen molar-refractivity contribution in [2.75, 3.05) is 0 Å². The third-order valence-electron chi connectivity index (χ3n) is 8.95. The van der Waals surface area contributed by atoms with Crippen molar-refractivity contribution in [1.29, 1.82) is 0 Å². The Labute approximate surface area is 235 Å². The third-order valence-corrected chi connectivity index (χ3v) is 19.9. The molecule has 0 aromatic heterocycles. The molecule has 3 atom stereocenters. The smallest absolute Gasteiger partial charge is 0.192 e. The predicted octanol–water partition coefficient (Wildman–Crippen LogP) is 8.63. The van der Waals surface area contributed by atoms with Crippen LogP contribution in [0.1, 0.15) is 66.4 Å². The molecule has 1 saturated carbocycles. The highest BCUT2D eigenvalue weighted by Gasteiger charge is 2.43. The van der Waals surface area contributed by atoms with E-state index in [2.05, 4.69) is 85.9 Å². The molecule has 6 heteroatoms. The molecule has 38 heavy (non-hydrogen) atoms. The van der Waals surface area contributed by atoms with Crippen molar-refractivity contribution in [2.24, 2.45) is 0 Å². The Morgan fingerprint density at radius 2 is 1.26 bits per heavy atom. The van der Waals surface area contributed by atoms with Crippen LogP contribution >= 0.6 is 7.80 Å². The average Bonchev–Trinajstić information content (AvgIpc) is 2.81. The van der Waals surface area contributed by atoms with E-state index in [0.29, 0.717) is 0 Å². The summed E-state index contributed by atoms with van der Waals surface area (Å²) in [7, 11) is -5.85. The summed E-state index contributed by atoms with van der Waals surface area (Å²) in [6, 6.07) is 18.1. The van der Waals surface area contributed by atoms with Gasteiger partial charge in [0, 0.05) is 10.6 Å². The maximum atomic E-state index is 13.5. The summed E-state index contributed by atoms with van der Waals surface area (Å²) in [5.74, 6) is 0. The molecule has 210 valence electrons. The Hall–Kier alpha value is -1.24. The number of benzene rings is 2. The van der Waals surface area contributed by atoms with E-state index in [-0.39, 0.29) is 22.3 Å². The van der Waals surface area contributed by atoms with Gasteiger partial charge in [0.25, 0.3) is 0 Å². The quantitative estimate of drug-likeness (QED) is 0.181. The zero-order valence-corrected chi connectivity index (χ0v) is 28.5. The fourth-order valence-electron chi connectivity index (χ4n) is 4.58. The SMILES string of the molecule is CC(C)(C)[Si](C)(C)O[C@H]1CC(=CCc2ccccc2[PH](=O)c2ccccc2)C[C@H](O[Si](C)(C)C(C)(C)C)C1. The zero-order valence-electron chi connectivity index (χ0n) is 25.5. The zero-order chi connectivity index (χ0) is 28.4. The summed E-state index contributed by atoms with van der Waals surface area (Å²) in [4.78, 5) is 0. The molecule has 1 unspecified atom stereocenters. The molecule has 2 aromatic carbocycles. The Kier molecular flexibility index (Phi) is 9.97. The first-order valence-corrected chi connectivity index (χ1v) is 21.4. The van der Waals surface area contributed by atoms with Crippen LogP contribution in [0.15, 0.2) is 66.2 Å². The van der Waals surface area contributed by atoms with Crippen LogP contribution in [0.5, 0.6) is 0 Å². The molecule has 0 N–H and O–H groups in total. The normalized spacial score (nSPS) is 20.3. The maximum absolute atomic E-state index is 13.5. The fourth-order valence-corrected chi connectivity index (χ4v) is 8.84. The number of rotatable bonds is 8. The van der Waals surface area contributed by atoms with Crippen LogP contribution in [0, 0.1) is 0 Å².